The molecule has 0 amide bonds. The van der Waals surface area contributed by atoms with E-state index in [1.165, 1.54) is 32.8 Å². The molecule has 0 aliphatic heterocycles. The van der Waals surface area contributed by atoms with Gasteiger partial charge in [-0.1, -0.05) is 49.7 Å². The molecule has 3 nitrogen and oxygen atoms in total. The van der Waals surface area contributed by atoms with Crippen LogP contribution >= 0.6 is 0 Å². The molecule has 0 fully saturated rings. The molecule has 2 aromatic carbocycles. The fraction of sp³-hybridized carbons (Fsp3) is 0.263. The van der Waals surface area contributed by atoms with Gasteiger partial charge in [0.25, 0.3) is 0 Å². The van der Waals surface area contributed by atoms with Crippen molar-refractivity contribution in [2.24, 2.45) is 0 Å². The lowest BCUT2D eigenvalue weighted by Gasteiger charge is -2.13. The minimum atomic E-state index is 0.333. The molecule has 2 aromatic heterocycles. The molecule has 0 saturated heterocycles. The predicted octanol–water partition coefficient (Wildman–Crippen LogP) is 4.78. The first-order valence-electron chi connectivity index (χ1n) is 7.74. The third kappa shape index (κ3) is 1.68. The molecule has 2 heterocycles. The summed E-state index contributed by atoms with van der Waals surface area (Å²) in [7, 11) is 0. The zero-order valence-electron chi connectivity index (χ0n) is 13.4. The number of aryl methyl sites for hydroxylation is 2. The van der Waals surface area contributed by atoms with Crippen molar-refractivity contribution in [2.75, 3.05) is 0 Å². The molecule has 0 atom stereocenters. The maximum Gasteiger partial charge on any atom is 0.169 e. The summed E-state index contributed by atoms with van der Waals surface area (Å²) in [6.07, 6.45) is 0. The van der Waals surface area contributed by atoms with Gasteiger partial charge < -0.3 is 0 Å². The summed E-state index contributed by atoms with van der Waals surface area (Å²) in [5.74, 6) is 1.36. The molecule has 4 aromatic rings. The topological polar surface area (TPSA) is 30.2 Å². The van der Waals surface area contributed by atoms with Crippen molar-refractivity contribution in [3.05, 3.63) is 53.3 Å². The van der Waals surface area contributed by atoms with Crippen LogP contribution in [0.1, 0.15) is 36.7 Å². The standard InChI is InChI=1S/C19H19N3/c1-11(2)18-20-21-19-15-8-6-5-7-14(15)16-10-12(3)9-13(4)17(16)22(18)19/h5-11H,1-4H3. The van der Waals surface area contributed by atoms with Gasteiger partial charge in [0.15, 0.2) is 5.65 Å². The van der Waals surface area contributed by atoms with Gasteiger partial charge in [-0.2, -0.15) is 0 Å². The Balaban J connectivity index is 2.40. The Hall–Kier alpha value is -2.42. The van der Waals surface area contributed by atoms with Crippen LogP contribution in [-0.4, -0.2) is 14.6 Å². The Bertz CT molecular complexity index is 1030. The number of hydrogen-bond donors (Lipinski definition) is 0. The lowest BCUT2D eigenvalue weighted by atomic mass is 10.0. The van der Waals surface area contributed by atoms with Crippen molar-refractivity contribution in [3.8, 4) is 0 Å². The lowest BCUT2D eigenvalue weighted by molar-refractivity contribution is 0.765. The first-order chi connectivity index (χ1) is 10.6. The highest BCUT2D eigenvalue weighted by Gasteiger charge is 2.17. The van der Waals surface area contributed by atoms with Crippen LogP contribution in [0.2, 0.25) is 0 Å². The number of hydrogen-bond acceptors (Lipinski definition) is 2. The molecule has 0 aliphatic rings. The van der Waals surface area contributed by atoms with E-state index in [9.17, 15) is 0 Å². The van der Waals surface area contributed by atoms with E-state index in [0.29, 0.717) is 5.92 Å². The van der Waals surface area contributed by atoms with Gasteiger partial charge in [-0.15, -0.1) is 10.2 Å². The van der Waals surface area contributed by atoms with Crippen LogP contribution in [-0.2, 0) is 0 Å². The van der Waals surface area contributed by atoms with E-state index < -0.39 is 0 Å². The van der Waals surface area contributed by atoms with E-state index >= 15 is 0 Å². The molecule has 110 valence electrons. The monoisotopic (exact) mass is 289 g/mol. The number of rotatable bonds is 1. The van der Waals surface area contributed by atoms with Crippen molar-refractivity contribution in [1.82, 2.24) is 14.6 Å². The SMILES string of the molecule is Cc1cc(C)c2c(c1)c1ccccc1c1nnc(C(C)C)n12. The van der Waals surface area contributed by atoms with Crippen LogP contribution in [0, 0.1) is 13.8 Å². The summed E-state index contributed by atoms with van der Waals surface area (Å²) in [5.41, 5.74) is 4.74. The average Bonchev–Trinajstić information content (AvgIpc) is 2.92. The smallest absolute Gasteiger partial charge is 0.169 e. The summed E-state index contributed by atoms with van der Waals surface area (Å²) >= 11 is 0. The second-order valence-electron chi connectivity index (χ2n) is 6.40. The molecule has 0 spiro atoms. The van der Waals surface area contributed by atoms with Crippen LogP contribution in [0.4, 0.5) is 0 Å². The molecule has 0 saturated carbocycles. The minimum absolute atomic E-state index is 0.333. The van der Waals surface area contributed by atoms with Crippen molar-refractivity contribution in [2.45, 2.75) is 33.6 Å². The average molecular weight is 289 g/mol. The largest absolute Gasteiger partial charge is 0.278 e. The highest BCUT2D eigenvalue weighted by molar-refractivity contribution is 6.12. The van der Waals surface area contributed by atoms with Crippen LogP contribution in [0.15, 0.2) is 36.4 Å². The molecule has 0 aliphatic carbocycles. The van der Waals surface area contributed by atoms with Gasteiger partial charge in [-0.05, 0) is 30.9 Å². The molecule has 4 rings (SSSR count). The Morgan fingerprint density at radius 2 is 1.64 bits per heavy atom. The van der Waals surface area contributed by atoms with Crippen LogP contribution < -0.4 is 0 Å². The van der Waals surface area contributed by atoms with Gasteiger partial charge in [-0.3, -0.25) is 4.40 Å². The van der Waals surface area contributed by atoms with E-state index in [2.05, 4.69) is 78.7 Å². The van der Waals surface area contributed by atoms with E-state index in [0.717, 1.165) is 11.5 Å². The van der Waals surface area contributed by atoms with Gasteiger partial charge in [0.05, 0.1) is 5.52 Å². The van der Waals surface area contributed by atoms with E-state index in [4.69, 9.17) is 0 Å². The molecule has 0 radical (unpaired) electrons. The van der Waals surface area contributed by atoms with Crippen molar-refractivity contribution in [3.63, 3.8) is 0 Å². The summed E-state index contributed by atoms with van der Waals surface area (Å²) in [5, 5.41) is 12.7. The molecule has 0 N–H and O–H groups in total. The summed E-state index contributed by atoms with van der Waals surface area (Å²) in [6.45, 7) is 8.66. The second-order valence-corrected chi connectivity index (χ2v) is 6.40. The molecule has 0 bridgehead atoms. The van der Waals surface area contributed by atoms with Gasteiger partial charge in [0.1, 0.15) is 5.82 Å². The van der Waals surface area contributed by atoms with Gasteiger partial charge in [0, 0.05) is 16.7 Å². The maximum atomic E-state index is 4.49. The van der Waals surface area contributed by atoms with E-state index in [-0.39, 0.29) is 0 Å². The predicted molar refractivity (Wildman–Crippen MR) is 91.6 cm³/mol. The number of nitrogens with zero attached hydrogens (tertiary/aromatic N) is 3. The van der Waals surface area contributed by atoms with Gasteiger partial charge in [0.2, 0.25) is 0 Å². The van der Waals surface area contributed by atoms with Gasteiger partial charge in [-0.25, -0.2) is 0 Å². The van der Waals surface area contributed by atoms with Crippen LogP contribution in [0.3, 0.4) is 0 Å². The fourth-order valence-corrected chi connectivity index (χ4v) is 3.44. The van der Waals surface area contributed by atoms with Crippen LogP contribution in [0.5, 0.6) is 0 Å². The quantitative estimate of drug-likeness (QED) is 0.472. The van der Waals surface area contributed by atoms with E-state index in [1.807, 2.05) is 0 Å². The Labute approximate surface area is 129 Å². The zero-order valence-corrected chi connectivity index (χ0v) is 13.4. The van der Waals surface area contributed by atoms with Crippen molar-refractivity contribution >= 4 is 27.3 Å². The Morgan fingerprint density at radius 3 is 2.36 bits per heavy atom. The highest BCUT2D eigenvalue weighted by atomic mass is 15.3. The fourth-order valence-electron chi connectivity index (χ4n) is 3.44. The lowest BCUT2D eigenvalue weighted by Crippen LogP contribution is -2.01. The summed E-state index contributed by atoms with van der Waals surface area (Å²) in [4.78, 5) is 0. The zero-order chi connectivity index (χ0) is 15.4. The van der Waals surface area contributed by atoms with Gasteiger partial charge >= 0.3 is 0 Å². The highest BCUT2D eigenvalue weighted by Crippen LogP contribution is 2.33. The summed E-state index contributed by atoms with van der Waals surface area (Å²) < 4.78 is 2.25. The molecule has 3 heteroatoms. The molecule has 22 heavy (non-hydrogen) atoms. The molecular formula is C19H19N3. The number of aromatic nitrogens is 3. The third-order valence-electron chi connectivity index (χ3n) is 4.33. The Morgan fingerprint density at radius 1 is 0.909 bits per heavy atom. The number of fused-ring (bicyclic) bond motifs is 6. The third-order valence-corrected chi connectivity index (χ3v) is 4.33. The minimum Gasteiger partial charge on any atom is -0.278 e. The van der Waals surface area contributed by atoms with Crippen LogP contribution in [0.25, 0.3) is 27.3 Å². The second kappa shape index (κ2) is 4.54. The van der Waals surface area contributed by atoms with Crippen molar-refractivity contribution < 1.29 is 0 Å². The number of pyridine rings is 1. The first kappa shape index (κ1) is 13.3. The normalized spacial score (nSPS) is 12.0. The summed E-state index contributed by atoms with van der Waals surface area (Å²) in [6, 6.07) is 13.0. The molecular weight excluding hydrogens is 270 g/mol. The first-order valence-corrected chi connectivity index (χ1v) is 7.74. The van der Waals surface area contributed by atoms with Crippen molar-refractivity contribution in [1.29, 1.82) is 0 Å². The Kier molecular flexibility index (Phi) is 2.73. The van der Waals surface area contributed by atoms with E-state index in [1.54, 1.807) is 0 Å². The number of benzene rings is 2. The molecule has 0 unspecified atom stereocenters. The maximum absolute atomic E-state index is 4.49.